The molecule has 1 aromatic rings. The molecule has 2 heterocycles. The minimum absolute atomic E-state index is 0.659. The van der Waals surface area contributed by atoms with Crippen molar-refractivity contribution in [2.75, 3.05) is 12.3 Å². The van der Waals surface area contributed by atoms with Gasteiger partial charge in [-0.05, 0) is 18.7 Å². The summed E-state index contributed by atoms with van der Waals surface area (Å²) in [6.07, 6.45) is 1.95. The van der Waals surface area contributed by atoms with Crippen LogP contribution in [0.15, 0.2) is 4.52 Å². The van der Waals surface area contributed by atoms with Crippen LogP contribution in [0.25, 0.3) is 0 Å². The lowest BCUT2D eigenvalue weighted by molar-refractivity contribution is 0.387. The minimum Gasteiger partial charge on any atom is -0.360 e. The zero-order valence-corrected chi connectivity index (χ0v) is 7.69. The quantitative estimate of drug-likeness (QED) is 0.744. The Kier molecular flexibility index (Phi) is 2.37. The molecule has 1 aliphatic rings. The van der Waals surface area contributed by atoms with Crippen molar-refractivity contribution in [2.45, 2.75) is 18.6 Å². The molecule has 3 nitrogen and oxygen atoms in total. The second-order valence-electron chi connectivity index (χ2n) is 2.87. The summed E-state index contributed by atoms with van der Waals surface area (Å²) in [5.41, 5.74) is 7.86. The Morgan fingerprint density at radius 1 is 1.58 bits per heavy atom. The van der Waals surface area contributed by atoms with Gasteiger partial charge in [-0.2, -0.15) is 11.8 Å². The van der Waals surface area contributed by atoms with E-state index in [9.17, 15) is 0 Å². The molecule has 0 atom stereocenters. The first-order valence-electron chi connectivity index (χ1n) is 4.16. The molecule has 0 saturated carbocycles. The van der Waals surface area contributed by atoms with Gasteiger partial charge in [-0.1, -0.05) is 5.16 Å². The van der Waals surface area contributed by atoms with E-state index in [1.165, 1.54) is 11.3 Å². The van der Waals surface area contributed by atoms with Crippen LogP contribution in [0.2, 0.25) is 0 Å². The molecule has 2 N–H and O–H groups in total. The summed E-state index contributed by atoms with van der Waals surface area (Å²) in [4.78, 5) is 0. The number of nitrogens with two attached hydrogens (primary N) is 1. The SMILES string of the molecule is NCCc1noc2c1CCSC2. The van der Waals surface area contributed by atoms with E-state index in [0.29, 0.717) is 6.54 Å². The highest BCUT2D eigenvalue weighted by molar-refractivity contribution is 7.98. The van der Waals surface area contributed by atoms with Crippen LogP contribution in [-0.2, 0) is 18.6 Å². The predicted molar refractivity (Wildman–Crippen MR) is 49.1 cm³/mol. The number of hydrogen-bond donors (Lipinski definition) is 1. The Morgan fingerprint density at radius 2 is 2.50 bits per heavy atom. The van der Waals surface area contributed by atoms with E-state index in [2.05, 4.69) is 5.16 Å². The minimum atomic E-state index is 0.659. The number of aromatic nitrogens is 1. The highest BCUT2D eigenvalue weighted by atomic mass is 32.2. The van der Waals surface area contributed by atoms with E-state index in [-0.39, 0.29) is 0 Å². The number of fused-ring (bicyclic) bond motifs is 1. The summed E-state index contributed by atoms with van der Waals surface area (Å²) < 4.78 is 5.21. The van der Waals surface area contributed by atoms with E-state index in [0.717, 1.165) is 30.0 Å². The molecule has 0 saturated heterocycles. The van der Waals surface area contributed by atoms with Crippen molar-refractivity contribution in [3.05, 3.63) is 17.0 Å². The summed E-state index contributed by atoms with van der Waals surface area (Å²) >= 11 is 1.90. The second kappa shape index (κ2) is 3.49. The Hall–Kier alpha value is -0.480. The van der Waals surface area contributed by atoms with Gasteiger partial charge < -0.3 is 10.3 Å². The molecule has 1 aromatic heterocycles. The maximum atomic E-state index is 5.47. The van der Waals surface area contributed by atoms with Gasteiger partial charge in [0.1, 0.15) is 5.76 Å². The second-order valence-corrected chi connectivity index (χ2v) is 3.98. The maximum Gasteiger partial charge on any atom is 0.150 e. The van der Waals surface area contributed by atoms with Crippen LogP contribution in [0.5, 0.6) is 0 Å². The standard InChI is InChI=1S/C8H12N2OS/c9-3-1-7-6-2-4-12-5-8(6)11-10-7/h1-5,9H2. The summed E-state index contributed by atoms with van der Waals surface area (Å²) in [6, 6.07) is 0. The van der Waals surface area contributed by atoms with Crippen LogP contribution < -0.4 is 5.73 Å². The normalized spacial score (nSPS) is 16.1. The van der Waals surface area contributed by atoms with Gasteiger partial charge in [-0.3, -0.25) is 0 Å². The van der Waals surface area contributed by atoms with Crippen LogP contribution in [0.3, 0.4) is 0 Å². The molecule has 2 rings (SSSR count). The third kappa shape index (κ3) is 1.36. The van der Waals surface area contributed by atoms with Gasteiger partial charge in [0.15, 0.2) is 0 Å². The molecule has 0 aromatic carbocycles. The van der Waals surface area contributed by atoms with Gasteiger partial charge in [0.25, 0.3) is 0 Å². The molecule has 12 heavy (non-hydrogen) atoms. The van der Waals surface area contributed by atoms with E-state index < -0.39 is 0 Å². The van der Waals surface area contributed by atoms with Gasteiger partial charge in [-0.25, -0.2) is 0 Å². The fraction of sp³-hybridized carbons (Fsp3) is 0.625. The molecule has 0 spiro atoms. The lowest BCUT2D eigenvalue weighted by atomic mass is 10.1. The summed E-state index contributed by atoms with van der Waals surface area (Å²) in [6.45, 7) is 0.659. The first-order valence-corrected chi connectivity index (χ1v) is 5.31. The zero-order valence-electron chi connectivity index (χ0n) is 6.88. The number of thioether (sulfide) groups is 1. The topological polar surface area (TPSA) is 52.0 Å². The van der Waals surface area contributed by atoms with Crippen molar-refractivity contribution < 1.29 is 4.52 Å². The monoisotopic (exact) mass is 184 g/mol. The maximum absolute atomic E-state index is 5.47. The average molecular weight is 184 g/mol. The molecular formula is C8H12N2OS. The third-order valence-corrected chi connectivity index (χ3v) is 3.02. The molecular weight excluding hydrogens is 172 g/mol. The molecule has 4 heteroatoms. The Morgan fingerprint density at radius 3 is 3.33 bits per heavy atom. The number of rotatable bonds is 2. The molecule has 1 aliphatic heterocycles. The lowest BCUT2D eigenvalue weighted by Crippen LogP contribution is -2.07. The fourth-order valence-electron chi connectivity index (χ4n) is 1.45. The van der Waals surface area contributed by atoms with Crippen molar-refractivity contribution in [3.8, 4) is 0 Å². The fourth-order valence-corrected chi connectivity index (χ4v) is 2.36. The summed E-state index contributed by atoms with van der Waals surface area (Å²) in [7, 11) is 0. The molecule has 66 valence electrons. The Bertz CT molecular complexity index is 272. The zero-order chi connectivity index (χ0) is 8.39. The Labute approximate surface area is 75.7 Å². The lowest BCUT2D eigenvalue weighted by Gasteiger charge is -2.08. The van der Waals surface area contributed by atoms with Crippen molar-refractivity contribution in [2.24, 2.45) is 5.73 Å². The van der Waals surface area contributed by atoms with Gasteiger partial charge in [0.2, 0.25) is 0 Å². The first kappa shape index (κ1) is 8.13. The first-order chi connectivity index (χ1) is 5.92. The summed E-state index contributed by atoms with van der Waals surface area (Å²) in [5, 5.41) is 4.02. The van der Waals surface area contributed by atoms with Gasteiger partial charge >= 0.3 is 0 Å². The van der Waals surface area contributed by atoms with Crippen LogP contribution >= 0.6 is 11.8 Å². The molecule has 0 radical (unpaired) electrons. The Balaban J connectivity index is 2.25. The number of hydrogen-bond acceptors (Lipinski definition) is 4. The molecule has 0 amide bonds. The van der Waals surface area contributed by atoms with Gasteiger partial charge in [0.05, 0.1) is 11.4 Å². The van der Waals surface area contributed by atoms with Crippen molar-refractivity contribution in [3.63, 3.8) is 0 Å². The van der Waals surface area contributed by atoms with E-state index >= 15 is 0 Å². The number of nitrogens with zero attached hydrogens (tertiary/aromatic N) is 1. The van der Waals surface area contributed by atoms with Crippen molar-refractivity contribution in [1.82, 2.24) is 5.16 Å². The summed E-state index contributed by atoms with van der Waals surface area (Å²) in [5.74, 6) is 3.23. The van der Waals surface area contributed by atoms with Crippen LogP contribution in [0, 0.1) is 0 Å². The van der Waals surface area contributed by atoms with Crippen LogP contribution in [-0.4, -0.2) is 17.5 Å². The highest BCUT2D eigenvalue weighted by Crippen LogP contribution is 2.26. The van der Waals surface area contributed by atoms with Crippen molar-refractivity contribution >= 4 is 11.8 Å². The molecule has 0 aliphatic carbocycles. The average Bonchev–Trinajstić information content (AvgIpc) is 2.50. The van der Waals surface area contributed by atoms with Crippen LogP contribution in [0.4, 0.5) is 0 Å². The van der Waals surface area contributed by atoms with E-state index in [4.69, 9.17) is 10.3 Å². The third-order valence-electron chi connectivity index (χ3n) is 2.06. The molecule has 0 fully saturated rings. The molecule has 0 unspecified atom stereocenters. The van der Waals surface area contributed by atoms with E-state index in [1.807, 2.05) is 11.8 Å². The molecule has 0 bridgehead atoms. The largest absolute Gasteiger partial charge is 0.360 e. The van der Waals surface area contributed by atoms with Gasteiger partial charge in [0, 0.05) is 12.0 Å². The predicted octanol–water partition coefficient (Wildman–Crippen LogP) is 0.965. The van der Waals surface area contributed by atoms with E-state index in [1.54, 1.807) is 0 Å². The van der Waals surface area contributed by atoms with Gasteiger partial charge in [-0.15, -0.1) is 0 Å². The smallest absolute Gasteiger partial charge is 0.150 e. The highest BCUT2D eigenvalue weighted by Gasteiger charge is 2.18. The van der Waals surface area contributed by atoms with Crippen LogP contribution in [0.1, 0.15) is 17.0 Å². The van der Waals surface area contributed by atoms with Crippen molar-refractivity contribution in [1.29, 1.82) is 0 Å².